The number of ether oxygens (including phenoxy) is 3. The number of rotatable bonds is 12. The minimum absolute atomic E-state index is 0.0493. The molecule has 0 fully saturated rings. The molecule has 234 valence electrons. The smallest absolute Gasteiger partial charge is 0.344 e. The fourth-order valence-electron chi connectivity index (χ4n) is 3.82. The topological polar surface area (TPSA) is 239 Å². The number of carboxylic acid groups (broad SMARTS) is 3. The van der Waals surface area contributed by atoms with Gasteiger partial charge in [-0.25, -0.2) is 29.3 Å². The van der Waals surface area contributed by atoms with E-state index in [-0.39, 0.29) is 68.7 Å². The van der Waals surface area contributed by atoms with E-state index in [1.807, 2.05) is 0 Å². The first-order valence-corrected chi connectivity index (χ1v) is 13.2. The van der Waals surface area contributed by atoms with Gasteiger partial charge in [-0.05, 0) is 57.2 Å². The van der Waals surface area contributed by atoms with Gasteiger partial charge in [0, 0.05) is 18.2 Å². The van der Waals surface area contributed by atoms with Crippen molar-refractivity contribution >= 4 is 17.9 Å². The van der Waals surface area contributed by atoms with E-state index in [4.69, 9.17) is 29.5 Å². The fourth-order valence-corrected chi connectivity index (χ4v) is 3.82. The van der Waals surface area contributed by atoms with Gasteiger partial charge in [0.2, 0.25) is 0 Å². The summed E-state index contributed by atoms with van der Waals surface area (Å²) in [5.41, 5.74) is 0.166. The number of carboxylic acids is 3. The Morgan fingerprint density at radius 1 is 0.511 bits per heavy atom. The highest BCUT2D eigenvalue weighted by Gasteiger charge is 2.21. The summed E-state index contributed by atoms with van der Waals surface area (Å²) in [6.45, 7) is 3.94. The Morgan fingerprint density at radius 3 is 0.956 bits per heavy atom. The molecule has 3 unspecified atom stereocenters. The zero-order valence-corrected chi connectivity index (χ0v) is 23.9. The van der Waals surface area contributed by atoms with Crippen molar-refractivity contribution in [3.8, 4) is 68.7 Å². The van der Waals surface area contributed by atoms with Crippen LogP contribution in [0.2, 0.25) is 0 Å². The number of aromatic hydroxyl groups is 3. The third-order valence-corrected chi connectivity index (χ3v) is 6.25. The van der Waals surface area contributed by atoms with Crippen LogP contribution in [0, 0.1) is 0 Å². The number of carbonyl (C=O) groups is 3. The van der Waals surface area contributed by atoms with Crippen molar-refractivity contribution < 1.29 is 59.2 Å². The minimum atomic E-state index is -1.22. The average molecular weight is 622 g/mol. The van der Waals surface area contributed by atoms with E-state index in [9.17, 15) is 29.7 Å². The lowest BCUT2D eigenvalue weighted by molar-refractivity contribution is -0.145. The van der Waals surface area contributed by atoms with Crippen LogP contribution >= 0.6 is 0 Å². The predicted molar refractivity (Wildman–Crippen MR) is 154 cm³/mol. The summed E-state index contributed by atoms with van der Waals surface area (Å²) in [6.07, 6.45) is -3.60. The van der Waals surface area contributed by atoms with Gasteiger partial charge >= 0.3 is 17.9 Å². The number of aromatic nitrogens is 3. The van der Waals surface area contributed by atoms with Gasteiger partial charge in [0.05, 0.1) is 16.7 Å². The van der Waals surface area contributed by atoms with Crippen LogP contribution in [0.4, 0.5) is 0 Å². The number of nitrogens with zero attached hydrogens (tertiary/aromatic N) is 3. The summed E-state index contributed by atoms with van der Waals surface area (Å²) < 4.78 is 15.9. The Kier molecular flexibility index (Phi) is 9.21. The summed E-state index contributed by atoms with van der Waals surface area (Å²) in [6, 6.07) is 11.8. The monoisotopic (exact) mass is 621 g/mol. The molecule has 1 heterocycles. The predicted octanol–water partition coefficient (Wildman–Crippen LogP) is 3.55. The summed E-state index contributed by atoms with van der Waals surface area (Å²) >= 11 is 0. The fraction of sp³-hybridized carbons (Fsp3) is 0.200. The van der Waals surface area contributed by atoms with Crippen LogP contribution in [0.25, 0.3) is 34.2 Å². The highest BCUT2D eigenvalue weighted by molar-refractivity contribution is 5.76. The molecular formula is C30H27N3O12. The summed E-state index contributed by atoms with van der Waals surface area (Å²) in [7, 11) is 0. The van der Waals surface area contributed by atoms with E-state index < -0.39 is 36.2 Å². The molecule has 3 atom stereocenters. The maximum absolute atomic E-state index is 11.2. The molecule has 0 bridgehead atoms. The summed E-state index contributed by atoms with van der Waals surface area (Å²) in [5.74, 6) is -5.03. The second-order valence-corrected chi connectivity index (χ2v) is 9.64. The van der Waals surface area contributed by atoms with Crippen LogP contribution in [0.5, 0.6) is 34.5 Å². The zero-order valence-electron chi connectivity index (χ0n) is 23.9. The van der Waals surface area contributed by atoms with E-state index in [2.05, 4.69) is 15.0 Å². The summed E-state index contributed by atoms with van der Waals surface area (Å²) in [4.78, 5) is 46.6. The third-order valence-electron chi connectivity index (χ3n) is 6.25. The number of hydrogen-bond donors (Lipinski definition) is 6. The quantitative estimate of drug-likeness (QED) is 0.133. The highest BCUT2D eigenvalue weighted by atomic mass is 16.5. The normalized spacial score (nSPS) is 12.9. The molecule has 0 saturated carbocycles. The van der Waals surface area contributed by atoms with E-state index in [1.165, 1.54) is 75.4 Å². The molecule has 0 saturated heterocycles. The maximum Gasteiger partial charge on any atom is 0.344 e. The van der Waals surface area contributed by atoms with Gasteiger partial charge in [0.1, 0.15) is 34.5 Å². The minimum Gasteiger partial charge on any atom is -0.507 e. The molecular weight excluding hydrogens is 594 g/mol. The van der Waals surface area contributed by atoms with Crippen molar-refractivity contribution in [3.63, 3.8) is 0 Å². The van der Waals surface area contributed by atoms with E-state index >= 15 is 0 Å². The Hall–Kier alpha value is -6.12. The first kappa shape index (κ1) is 31.8. The van der Waals surface area contributed by atoms with Crippen molar-refractivity contribution in [2.75, 3.05) is 0 Å². The molecule has 45 heavy (non-hydrogen) atoms. The van der Waals surface area contributed by atoms with E-state index in [1.54, 1.807) is 0 Å². The van der Waals surface area contributed by atoms with Crippen molar-refractivity contribution in [1.29, 1.82) is 0 Å². The second-order valence-electron chi connectivity index (χ2n) is 9.64. The number of benzene rings is 3. The van der Waals surface area contributed by atoms with Gasteiger partial charge in [0.25, 0.3) is 0 Å². The molecule has 0 aliphatic rings. The van der Waals surface area contributed by atoms with Gasteiger partial charge in [0.15, 0.2) is 35.8 Å². The molecule has 4 aromatic rings. The molecule has 0 aliphatic heterocycles. The van der Waals surface area contributed by atoms with Crippen LogP contribution in [0.3, 0.4) is 0 Å². The molecule has 3 aromatic carbocycles. The molecule has 1 aromatic heterocycles. The molecule has 0 aliphatic carbocycles. The van der Waals surface area contributed by atoms with Crippen molar-refractivity contribution in [1.82, 2.24) is 15.0 Å². The number of aliphatic carboxylic acids is 3. The molecule has 0 amide bonds. The van der Waals surface area contributed by atoms with Crippen LogP contribution in [0.1, 0.15) is 20.8 Å². The molecule has 15 heteroatoms. The number of hydrogen-bond acceptors (Lipinski definition) is 12. The Morgan fingerprint density at radius 2 is 0.756 bits per heavy atom. The Labute approximate surface area is 254 Å². The van der Waals surface area contributed by atoms with Gasteiger partial charge in [-0.15, -0.1) is 0 Å². The van der Waals surface area contributed by atoms with Gasteiger partial charge < -0.3 is 44.8 Å². The second kappa shape index (κ2) is 13.0. The lowest BCUT2D eigenvalue weighted by atomic mass is 10.1. The number of phenols is 3. The molecule has 0 radical (unpaired) electrons. The van der Waals surface area contributed by atoms with Crippen LogP contribution in [0.15, 0.2) is 54.6 Å². The molecule has 4 rings (SSSR count). The van der Waals surface area contributed by atoms with Gasteiger partial charge in [-0.3, -0.25) is 0 Å². The van der Waals surface area contributed by atoms with E-state index in [0.717, 1.165) is 0 Å². The highest BCUT2D eigenvalue weighted by Crippen LogP contribution is 2.38. The standard InChI is InChI=1S/C30H27N3O12/c1-13(28(37)38)43-16-4-7-19(22(34)10-16)25-31-26(20-8-5-17(11-23(20)35)44-14(2)29(39)40)33-27(32-25)21-9-6-18(12-24(21)36)45-15(3)30(41)42/h4-15,34-36H,1-3H3,(H,37,38)(H,39,40)(H,41,42). The average Bonchev–Trinajstić information content (AvgIpc) is 2.97. The van der Waals surface area contributed by atoms with Crippen LogP contribution in [-0.4, -0.2) is 81.8 Å². The van der Waals surface area contributed by atoms with Gasteiger partial charge in [-0.2, -0.15) is 0 Å². The van der Waals surface area contributed by atoms with Crippen molar-refractivity contribution in [2.24, 2.45) is 0 Å². The van der Waals surface area contributed by atoms with Crippen LogP contribution < -0.4 is 14.2 Å². The van der Waals surface area contributed by atoms with Crippen LogP contribution in [-0.2, 0) is 14.4 Å². The number of phenolic OH excluding ortho intramolecular Hbond substituents is 3. The Balaban J connectivity index is 1.82. The maximum atomic E-state index is 11.2. The first-order valence-electron chi connectivity index (χ1n) is 13.2. The third kappa shape index (κ3) is 7.45. The Bertz CT molecular complexity index is 1560. The molecule has 15 nitrogen and oxygen atoms in total. The van der Waals surface area contributed by atoms with E-state index in [0.29, 0.717) is 0 Å². The lowest BCUT2D eigenvalue weighted by Crippen LogP contribution is -2.22. The lowest BCUT2D eigenvalue weighted by Gasteiger charge is -2.15. The summed E-state index contributed by atoms with van der Waals surface area (Å²) in [5, 5.41) is 59.7. The first-order chi connectivity index (χ1) is 21.2. The van der Waals surface area contributed by atoms with Gasteiger partial charge in [-0.1, -0.05) is 0 Å². The van der Waals surface area contributed by atoms with Crippen molar-refractivity contribution in [2.45, 2.75) is 39.1 Å². The largest absolute Gasteiger partial charge is 0.507 e. The zero-order chi connectivity index (χ0) is 33.0. The molecule has 0 spiro atoms. The SMILES string of the molecule is CC(Oc1ccc(-c2nc(-c3ccc(OC(C)C(=O)O)cc3O)nc(-c3ccc(OC(C)C(=O)O)cc3O)n2)c(O)c1)C(=O)O. The molecule has 6 N–H and O–H groups in total. The van der Waals surface area contributed by atoms with Crippen molar-refractivity contribution in [3.05, 3.63) is 54.6 Å².